The van der Waals surface area contributed by atoms with Crippen molar-refractivity contribution in [1.82, 2.24) is 20.7 Å². The van der Waals surface area contributed by atoms with Crippen LogP contribution in [0.3, 0.4) is 0 Å². The van der Waals surface area contributed by atoms with Crippen molar-refractivity contribution in [2.75, 3.05) is 13.1 Å². The second kappa shape index (κ2) is 9.37. The van der Waals surface area contributed by atoms with E-state index in [4.69, 9.17) is 0 Å². The Labute approximate surface area is 108 Å². The van der Waals surface area contributed by atoms with Crippen LogP contribution >= 0.6 is 0 Å². The third-order valence-electron chi connectivity index (χ3n) is 2.55. The molecule has 18 heavy (non-hydrogen) atoms. The van der Waals surface area contributed by atoms with Crippen LogP contribution in [0, 0.1) is 11.8 Å². The molecular formula is C13H20N4O. The van der Waals surface area contributed by atoms with E-state index in [0.29, 0.717) is 6.54 Å². The van der Waals surface area contributed by atoms with Crippen molar-refractivity contribution in [3.05, 3.63) is 11.9 Å². The fourth-order valence-corrected chi connectivity index (χ4v) is 1.64. The molecule has 98 valence electrons. The number of aryl methyl sites for hydroxylation is 1. The van der Waals surface area contributed by atoms with Gasteiger partial charge in [-0.3, -0.25) is 4.79 Å². The number of carbonyl (C=O) groups excluding carboxylic acids is 1. The minimum Gasteiger partial charge on any atom is -0.309 e. The topological polar surface area (TPSA) is 70.7 Å². The molecule has 2 N–H and O–H groups in total. The minimum absolute atomic E-state index is 0.0384. The molecule has 5 heteroatoms. The molecule has 0 aliphatic rings. The Morgan fingerprint density at radius 3 is 2.94 bits per heavy atom. The molecule has 1 rings (SSSR count). The first-order valence-electron chi connectivity index (χ1n) is 6.34. The molecule has 0 aliphatic heterocycles. The van der Waals surface area contributed by atoms with Crippen LogP contribution in [0.2, 0.25) is 0 Å². The number of hydrogen-bond donors (Lipinski definition) is 2. The van der Waals surface area contributed by atoms with Crippen LogP contribution in [0.4, 0.5) is 0 Å². The van der Waals surface area contributed by atoms with Gasteiger partial charge in [0.05, 0.1) is 18.4 Å². The summed E-state index contributed by atoms with van der Waals surface area (Å²) in [5.41, 5.74) is 1.02. The maximum Gasteiger partial charge on any atom is 0.219 e. The highest BCUT2D eigenvalue weighted by molar-refractivity contribution is 5.96. The summed E-state index contributed by atoms with van der Waals surface area (Å²) >= 11 is 0. The first-order valence-corrected chi connectivity index (χ1v) is 6.34. The number of Topliss-reactive ketones (excluding diaryl/α,β-unsaturated/α-hetero) is 1. The second-order valence-corrected chi connectivity index (χ2v) is 4.10. The molecule has 0 saturated heterocycles. The third kappa shape index (κ3) is 6.81. The zero-order valence-corrected chi connectivity index (χ0v) is 10.8. The highest BCUT2D eigenvalue weighted by Crippen LogP contribution is 2.03. The fourth-order valence-electron chi connectivity index (χ4n) is 1.64. The predicted molar refractivity (Wildman–Crippen MR) is 69.9 cm³/mol. The molecule has 0 amide bonds. The molecule has 5 nitrogen and oxygen atoms in total. The summed E-state index contributed by atoms with van der Waals surface area (Å²) in [6.07, 6.45) is 7.31. The van der Waals surface area contributed by atoms with Crippen LogP contribution < -0.4 is 5.32 Å². The SMILES string of the molecule is CC#CC(=O)CNCCCCCCc1cn[nH]n1. The van der Waals surface area contributed by atoms with Crippen molar-refractivity contribution < 1.29 is 4.79 Å². The molecule has 1 aromatic rings. The van der Waals surface area contributed by atoms with Crippen LogP contribution in [0.15, 0.2) is 6.20 Å². The average Bonchev–Trinajstić information content (AvgIpc) is 2.86. The van der Waals surface area contributed by atoms with E-state index in [1.54, 1.807) is 13.1 Å². The van der Waals surface area contributed by atoms with Crippen LogP contribution in [-0.4, -0.2) is 34.3 Å². The molecule has 1 aromatic heterocycles. The highest BCUT2D eigenvalue weighted by atomic mass is 16.1. The number of aromatic nitrogens is 3. The van der Waals surface area contributed by atoms with E-state index in [0.717, 1.165) is 31.5 Å². The van der Waals surface area contributed by atoms with Gasteiger partial charge >= 0.3 is 0 Å². The monoisotopic (exact) mass is 248 g/mol. The Hall–Kier alpha value is -1.67. The molecule has 1 heterocycles. The second-order valence-electron chi connectivity index (χ2n) is 4.10. The van der Waals surface area contributed by atoms with Crippen molar-refractivity contribution >= 4 is 5.78 Å². The summed E-state index contributed by atoms with van der Waals surface area (Å²) in [6, 6.07) is 0. The van der Waals surface area contributed by atoms with Gasteiger partial charge in [0.15, 0.2) is 0 Å². The smallest absolute Gasteiger partial charge is 0.219 e. The van der Waals surface area contributed by atoms with Gasteiger partial charge in [-0.2, -0.15) is 15.4 Å². The van der Waals surface area contributed by atoms with Gasteiger partial charge in [-0.1, -0.05) is 18.8 Å². The maximum atomic E-state index is 11.1. The van der Waals surface area contributed by atoms with Crippen molar-refractivity contribution in [2.24, 2.45) is 0 Å². The molecule has 0 aliphatic carbocycles. The Kier molecular flexibility index (Phi) is 7.49. The van der Waals surface area contributed by atoms with Gasteiger partial charge in [-0.05, 0) is 38.7 Å². The fraction of sp³-hybridized carbons (Fsp3) is 0.615. The number of carbonyl (C=O) groups is 1. The molecule has 0 spiro atoms. The number of H-pyrrole nitrogens is 1. The molecule has 0 radical (unpaired) electrons. The summed E-state index contributed by atoms with van der Waals surface area (Å²) in [4.78, 5) is 11.1. The van der Waals surface area contributed by atoms with E-state index in [2.05, 4.69) is 32.6 Å². The van der Waals surface area contributed by atoms with E-state index in [1.807, 2.05) is 0 Å². The van der Waals surface area contributed by atoms with E-state index in [-0.39, 0.29) is 5.78 Å². The normalized spacial score (nSPS) is 9.83. The van der Waals surface area contributed by atoms with Gasteiger partial charge < -0.3 is 5.32 Å². The number of nitrogens with one attached hydrogen (secondary N) is 2. The lowest BCUT2D eigenvalue weighted by molar-refractivity contribution is -0.113. The number of unbranched alkanes of at least 4 members (excludes halogenated alkanes) is 3. The summed E-state index contributed by atoms with van der Waals surface area (Å²) in [5.74, 6) is 5.06. The molecule has 0 saturated carbocycles. The lowest BCUT2D eigenvalue weighted by Gasteiger charge is -2.01. The summed E-state index contributed by atoms with van der Waals surface area (Å²) in [6.45, 7) is 2.91. The number of aromatic amines is 1. The molecular weight excluding hydrogens is 228 g/mol. The maximum absolute atomic E-state index is 11.1. The van der Waals surface area contributed by atoms with Crippen molar-refractivity contribution in [1.29, 1.82) is 0 Å². The Balaban J connectivity index is 1.86. The molecule has 0 atom stereocenters. The van der Waals surface area contributed by atoms with Crippen molar-refractivity contribution in [2.45, 2.75) is 39.0 Å². The van der Waals surface area contributed by atoms with Gasteiger partial charge in [0.1, 0.15) is 0 Å². The van der Waals surface area contributed by atoms with Gasteiger partial charge in [-0.25, -0.2) is 0 Å². The van der Waals surface area contributed by atoms with Crippen molar-refractivity contribution in [3.63, 3.8) is 0 Å². The number of ketones is 1. The first kappa shape index (κ1) is 14.4. The van der Waals surface area contributed by atoms with Crippen LogP contribution in [0.5, 0.6) is 0 Å². The first-order chi connectivity index (χ1) is 8.83. The number of rotatable bonds is 9. The predicted octanol–water partition coefficient (Wildman–Crippen LogP) is 1.09. The zero-order chi connectivity index (χ0) is 13.1. The van der Waals surface area contributed by atoms with Gasteiger partial charge in [0.2, 0.25) is 5.78 Å². The molecule has 0 unspecified atom stereocenters. The van der Waals surface area contributed by atoms with Crippen LogP contribution in [0.1, 0.15) is 38.3 Å². The lowest BCUT2D eigenvalue weighted by atomic mass is 10.1. The highest BCUT2D eigenvalue weighted by Gasteiger charge is 1.97. The van der Waals surface area contributed by atoms with Crippen LogP contribution in [0.25, 0.3) is 0 Å². The molecule has 0 bridgehead atoms. The number of nitrogens with zero attached hydrogens (tertiary/aromatic N) is 2. The van der Waals surface area contributed by atoms with Gasteiger partial charge in [0, 0.05) is 0 Å². The average molecular weight is 248 g/mol. The van der Waals surface area contributed by atoms with E-state index >= 15 is 0 Å². The van der Waals surface area contributed by atoms with E-state index in [1.165, 1.54) is 12.8 Å². The van der Waals surface area contributed by atoms with Gasteiger partial charge in [0.25, 0.3) is 0 Å². The molecule has 0 aromatic carbocycles. The lowest BCUT2D eigenvalue weighted by Crippen LogP contribution is -2.22. The Bertz CT molecular complexity index is 389. The summed E-state index contributed by atoms with van der Waals surface area (Å²) < 4.78 is 0. The summed E-state index contributed by atoms with van der Waals surface area (Å²) in [7, 11) is 0. The standard InChI is InChI=1S/C13H20N4O/c1-2-7-13(18)11-14-9-6-4-3-5-8-12-10-15-17-16-12/h10,14H,3-6,8-9,11H2,1H3,(H,15,16,17). The van der Waals surface area contributed by atoms with Crippen molar-refractivity contribution in [3.8, 4) is 11.8 Å². The molecule has 0 fully saturated rings. The minimum atomic E-state index is -0.0384. The van der Waals surface area contributed by atoms with E-state index in [9.17, 15) is 4.79 Å². The van der Waals surface area contributed by atoms with E-state index < -0.39 is 0 Å². The zero-order valence-electron chi connectivity index (χ0n) is 10.8. The summed E-state index contributed by atoms with van der Waals surface area (Å²) in [5, 5.41) is 13.5. The Morgan fingerprint density at radius 1 is 1.39 bits per heavy atom. The largest absolute Gasteiger partial charge is 0.309 e. The van der Waals surface area contributed by atoms with Crippen LogP contribution in [-0.2, 0) is 11.2 Å². The number of hydrogen-bond acceptors (Lipinski definition) is 4. The van der Waals surface area contributed by atoms with Gasteiger partial charge in [-0.15, -0.1) is 0 Å². The Morgan fingerprint density at radius 2 is 2.22 bits per heavy atom. The third-order valence-corrected chi connectivity index (χ3v) is 2.55. The quantitative estimate of drug-likeness (QED) is 0.390.